The maximum Gasteiger partial charge on any atom is 0.222 e. The normalized spacial score (nSPS) is 15.2. The van der Waals surface area contributed by atoms with Gasteiger partial charge in [-0.3, -0.25) is 4.79 Å². The minimum Gasteiger partial charge on any atom is -0.496 e. The first-order chi connectivity index (χ1) is 9.61. The molecule has 0 bridgehead atoms. The lowest BCUT2D eigenvalue weighted by atomic mass is 10.0. The Balaban J connectivity index is 2.01. The highest BCUT2D eigenvalue weighted by molar-refractivity contribution is 5.76. The molecule has 1 fully saturated rings. The van der Waals surface area contributed by atoms with Crippen molar-refractivity contribution < 1.29 is 9.53 Å². The number of methoxy groups -OCH3 is 1. The molecule has 1 aliphatic rings. The van der Waals surface area contributed by atoms with Gasteiger partial charge in [0.25, 0.3) is 0 Å². The summed E-state index contributed by atoms with van der Waals surface area (Å²) in [6.45, 7) is 7.57. The predicted molar refractivity (Wildman–Crippen MR) is 80.2 cm³/mol. The smallest absolute Gasteiger partial charge is 0.222 e. The highest BCUT2D eigenvalue weighted by atomic mass is 16.5. The molecule has 1 saturated heterocycles. The van der Waals surface area contributed by atoms with Gasteiger partial charge in [0.1, 0.15) is 5.75 Å². The Hall–Kier alpha value is -1.55. The molecule has 0 radical (unpaired) electrons. The summed E-state index contributed by atoms with van der Waals surface area (Å²) < 4.78 is 5.47. The van der Waals surface area contributed by atoms with Gasteiger partial charge in [0, 0.05) is 32.6 Å². The fraction of sp³-hybridized carbons (Fsp3) is 0.562. The van der Waals surface area contributed by atoms with Crippen LogP contribution in [0.15, 0.2) is 12.1 Å². The van der Waals surface area contributed by atoms with Crippen molar-refractivity contribution in [3.05, 3.63) is 28.8 Å². The van der Waals surface area contributed by atoms with E-state index in [1.54, 1.807) is 7.11 Å². The van der Waals surface area contributed by atoms with Crippen LogP contribution in [0.1, 0.15) is 23.1 Å². The van der Waals surface area contributed by atoms with Crippen molar-refractivity contribution in [2.45, 2.75) is 26.7 Å². The molecule has 0 aliphatic carbocycles. The number of piperazine rings is 1. The fourth-order valence-electron chi connectivity index (χ4n) is 2.83. The zero-order valence-electron chi connectivity index (χ0n) is 12.7. The zero-order valence-corrected chi connectivity index (χ0v) is 12.7. The van der Waals surface area contributed by atoms with Crippen LogP contribution < -0.4 is 10.1 Å². The first-order valence-electron chi connectivity index (χ1n) is 7.24. The van der Waals surface area contributed by atoms with Crippen LogP contribution in [0.4, 0.5) is 0 Å². The van der Waals surface area contributed by atoms with E-state index in [1.807, 2.05) is 11.8 Å². The maximum atomic E-state index is 12.2. The Bertz CT molecular complexity index is 480. The van der Waals surface area contributed by atoms with Crippen LogP contribution in [-0.2, 0) is 11.2 Å². The molecular formula is C16H24N2O2. The number of rotatable bonds is 4. The second kappa shape index (κ2) is 6.75. The first kappa shape index (κ1) is 14.9. The van der Waals surface area contributed by atoms with Crippen molar-refractivity contribution in [1.29, 1.82) is 0 Å². The largest absolute Gasteiger partial charge is 0.496 e. The van der Waals surface area contributed by atoms with Crippen molar-refractivity contribution in [2.75, 3.05) is 33.3 Å². The van der Waals surface area contributed by atoms with E-state index in [2.05, 4.69) is 24.4 Å². The van der Waals surface area contributed by atoms with E-state index in [-0.39, 0.29) is 5.91 Å². The highest BCUT2D eigenvalue weighted by Crippen LogP contribution is 2.26. The predicted octanol–water partition coefficient (Wildman–Crippen LogP) is 1.68. The lowest BCUT2D eigenvalue weighted by molar-refractivity contribution is -0.131. The Labute approximate surface area is 121 Å². The maximum absolute atomic E-state index is 12.2. The number of nitrogens with one attached hydrogen (secondary N) is 1. The lowest BCUT2D eigenvalue weighted by Gasteiger charge is -2.27. The van der Waals surface area contributed by atoms with Gasteiger partial charge in [-0.05, 0) is 31.4 Å². The standard InChI is InChI=1S/C16H24N2O2/c1-12-10-13(2)16(20-3)14(11-12)4-5-15(19)18-8-6-17-7-9-18/h10-11,17H,4-9H2,1-3H3. The molecule has 1 aromatic rings. The summed E-state index contributed by atoms with van der Waals surface area (Å²) >= 11 is 0. The number of nitrogens with zero attached hydrogens (tertiary/aromatic N) is 1. The molecule has 0 saturated carbocycles. The van der Waals surface area contributed by atoms with Gasteiger partial charge < -0.3 is 15.0 Å². The van der Waals surface area contributed by atoms with Gasteiger partial charge >= 0.3 is 0 Å². The minimum absolute atomic E-state index is 0.243. The molecule has 20 heavy (non-hydrogen) atoms. The van der Waals surface area contributed by atoms with Crippen LogP contribution in [0.25, 0.3) is 0 Å². The second-order valence-corrected chi connectivity index (χ2v) is 5.40. The van der Waals surface area contributed by atoms with Crippen molar-refractivity contribution in [3.8, 4) is 5.75 Å². The first-order valence-corrected chi connectivity index (χ1v) is 7.24. The van der Waals surface area contributed by atoms with Crippen molar-refractivity contribution in [3.63, 3.8) is 0 Å². The molecule has 1 aromatic carbocycles. The molecular weight excluding hydrogens is 252 g/mol. The van der Waals surface area contributed by atoms with Crippen molar-refractivity contribution >= 4 is 5.91 Å². The summed E-state index contributed by atoms with van der Waals surface area (Å²) in [5.41, 5.74) is 3.48. The van der Waals surface area contributed by atoms with Gasteiger partial charge in [-0.1, -0.05) is 17.7 Å². The van der Waals surface area contributed by atoms with Crippen LogP contribution >= 0.6 is 0 Å². The van der Waals surface area contributed by atoms with Gasteiger partial charge in [0.15, 0.2) is 0 Å². The quantitative estimate of drug-likeness (QED) is 0.909. The molecule has 0 atom stereocenters. The molecule has 110 valence electrons. The molecule has 2 rings (SSSR count). The van der Waals surface area contributed by atoms with Gasteiger partial charge in [-0.25, -0.2) is 0 Å². The highest BCUT2D eigenvalue weighted by Gasteiger charge is 2.17. The van der Waals surface area contributed by atoms with Crippen molar-refractivity contribution in [1.82, 2.24) is 10.2 Å². The summed E-state index contributed by atoms with van der Waals surface area (Å²) in [5.74, 6) is 1.16. The lowest BCUT2D eigenvalue weighted by Crippen LogP contribution is -2.46. The van der Waals surface area contributed by atoms with Crippen LogP contribution in [0, 0.1) is 13.8 Å². The Morgan fingerprint density at radius 1 is 1.30 bits per heavy atom. The van der Waals surface area contributed by atoms with E-state index in [0.29, 0.717) is 6.42 Å². The van der Waals surface area contributed by atoms with Crippen LogP contribution in [0.3, 0.4) is 0 Å². The molecule has 4 nitrogen and oxygen atoms in total. The van der Waals surface area contributed by atoms with Crippen LogP contribution in [0.2, 0.25) is 0 Å². The topological polar surface area (TPSA) is 41.6 Å². The molecule has 1 aliphatic heterocycles. The summed E-state index contributed by atoms with van der Waals surface area (Å²) in [7, 11) is 1.69. The van der Waals surface area contributed by atoms with Gasteiger partial charge in [-0.2, -0.15) is 0 Å². The number of hydrogen-bond donors (Lipinski definition) is 1. The number of amides is 1. The fourth-order valence-corrected chi connectivity index (χ4v) is 2.83. The van der Waals surface area contributed by atoms with E-state index in [0.717, 1.165) is 49.5 Å². The third kappa shape index (κ3) is 3.51. The minimum atomic E-state index is 0.243. The summed E-state index contributed by atoms with van der Waals surface area (Å²) in [6.07, 6.45) is 1.30. The van der Waals surface area contributed by atoms with E-state index in [9.17, 15) is 4.79 Å². The van der Waals surface area contributed by atoms with Crippen molar-refractivity contribution in [2.24, 2.45) is 0 Å². The second-order valence-electron chi connectivity index (χ2n) is 5.40. The monoisotopic (exact) mass is 276 g/mol. The Morgan fingerprint density at radius 3 is 2.65 bits per heavy atom. The van der Waals surface area contributed by atoms with Gasteiger partial charge in [-0.15, -0.1) is 0 Å². The van der Waals surface area contributed by atoms with Crippen LogP contribution in [0.5, 0.6) is 5.75 Å². The average molecular weight is 276 g/mol. The SMILES string of the molecule is COc1c(C)cc(C)cc1CCC(=O)N1CCNCC1. The zero-order chi connectivity index (χ0) is 14.5. The molecule has 1 heterocycles. The van der Waals surface area contributed by atoms with E-state index < -0.39 is 0 Å². The number of ether oxygens (including phenoxy) is 1. The third-order valence-corrected chi connectivity index (χ3v) is 3.78. The van der Waals surface area contributed by atoms with E-state index >= 15 is 0 Å². The van der Waals surface area contributed by atoms with E-state index in [1.165, 1.54) is 5.56 Å². The van der Waals surface area contributed by atoms with Gasteiger partial charge in [0.05, 0.1) is 7.11 Å². The number of hydrogen-bond acceptors (Lipinski definition) is 3. The molecule has 1 N–H and O–H groups in total. The molecule has 0 unspecified atom stereocenters. The Morgan fingerprint density at radius 2 is 2.00 bits per heavy atom. The third-order valence-electron chi connectivity index (χ3n) is 3.78. The summed E-state index contributed by atoms with van der Waals surface area (Å²) in [4.78, 5) is 14.1. The number of carbonyl (C=O) groups excluding carboxylic acids is 1. The van der Waals surface area contributed by atoms with Crippen LogP contribution in [-0.4, -0.2) is 44.1 Å². The summed E-state index contributed by atoms with van der Waals surface area (Å²) in [5, 5.41) is 3.26. The number of aryl methyl sites for hydroxylation is 3. The number of carbonyl (C=O) groups is 1. The molecule has 4 heteroatoms. The van der Waals surface area contributed by atoms with Gasteiger partial charge in [0.2, 0.25) is 5.91 Å². The molecule has 0 aromatic heterocycles. The van der Waals surface area contributed by atoms with E-state index in [4.69, 9.17) is 4.74 Å². The molecule has 1 amide bonds. The molecule has 0 spiro atoms. The average Bonchev–Trinajstić information content (AvgIpc) is 2.45. The number of benzene rings is 1. The Kier molecular flexibility index (Phi) is 5.01. The summed E-state index contributed by atoms with van der Waals surface area (Å²) in [6, 6.07) is 4.23.